The number of hydrogen-bond acceptors (Lipinski definition) is 1. The molecule has 1 N–H and O–H groups in total. The molecule has 0 saturated carbocycles. The number of nitrogens with one attached hydrogen (secondary N) is 1. The summed E-state index contributed by atoms with van der Waals surface area (Å²) in [6, 6.07) is 0. The summed E-state index contributed by atoms with van der Waals surface area (Å²) >= 11 is 3.45. The van der Waals surface area contributed by atoms with Crippen LogP contribution in [0.25, 0.3) is 0 Å². The Balaban J connectivity index is 3.07. The Kier molecular flexibility index (Phi) is 12.9. The number of carbonyl (C=O) groups is 1. The molecule has 0 aliphatic carbocycles. The molecule has 0 spiro atoms. The Morgan fingerprint density at radius 3 is 1.83 bits per heavy atom. The standard InChI is InChI=1S/C15H28BrNO/c1-14(2)15(18)17-13-11-9-7-5-3-4-6-8-10-12-16/h1,3-13H2,2H3,(H,17,18). The van der Waals surface area contributed by atoms with Crippen molar-refractivity contribution >= 4 is 21.8 Å². The maximum absolute atomic E-state index is 11.2. The number of alkyl halides is 1. The van der Waals surface area contributed by atoms with E-state index in [0.29, 0.717) is 5.57 Å². The minimum absolute atomic E-state index is 0.0122. The molecule has 0 radical (unpaired) electrons. The van der Waals surface area contributed by atoms with Crippen LogP contribution in [0.3, 0.4) is 0 Å². The molecule has 0 aromatic rings. The van der Waals surface area contributed by atoms with Crippen molar-refractivity contribution in [2.75, 3.05) is 11.9 Å². The van der Waals surface area contributed by atoms with Crippen LogP contribution < -0.4 is 5.32 Å². The van der Waals surface area contributed by atoms with Crippen molar-refractivity contribution in [3.8, 4) is 0 Å². The van der Waals surface area contributed by atoms with Crippen LogP contribution in [0.4, 0.5) is 0 Å². The zero-order valence-electron chi connectivity index (χ0n) is 11.8. The third kappa shape index (κ3) is 12.2. The van der Waals surface area contributed by atoms with Gasteiger partial charge < -0.3 is 5.32 Å². The van der Waals surface area contributed by atoms with Gasteiger partial charge in [0.15, 0.2) is 0 Å². The Labute approximate surface area is 121 Å². The van der Waals surface area contributed by atoms with Gasteiger partial charge >= 0.3 is 0 Å². The van der Waals surface area contributed by atoms with Crippen LogP contribution in [-0.2, 0) is 4.79 Å². The van der Waals surface area contributed by atoms with Crippen LogP contribution in [0.1, 0.15) is 64.7 Å². The maximum Gasteiger partial charge on any atom is 0.246 e. The van der Waals surface area contributed by atoms with Gasteiger partial charge in [0.25, 0.3) is 0 Å². The first-order valence-electron chi connectivity index (χ1n) is 7.18. The normalized spacial score (nSPS) is 10.3. The Morgan fingerprint density at radius 2 is 1.39 bits per heavy atom. The maximum atomic E-state index is 11.2. The van der Waals surface area contributed by atoms with Crippen molar-refractivity contribution in [3.05, 3.63) is 12.2 Å². The molecule has 1 amide bonds. The molecular weight excluding hydrogens is 290 g/mol. The molecule has 0 aromatic carbocycles. The number of amides is 1. The van der Waals surface area contributed by atoms with Gasteiger partial charge in [-0.15, -0.1) is 0 Å². The Hall–Kier alpha value is -0.310. The molecule has 0 rings (SSSR count). The van der Waals surface area contributed by atoms with E-state index in [1.54, 1.807) is 6.92 Å². The van der Waals surface area contributed by atoms with Crippen molar-refractivity contribution in [3.63, 3.8) is 0 Å². The van der Waals surface area contributed by atoms with Crippen LogP contribution >= 0.6 is 15.9 Å². The number of rotatable bonds is 12. The van der Waals surface area contributed by atoms with Gasteiger partial charge in [-0.05, 0) is 19.8 Å². The van der Waals surface area contributed by atoms with Crippen molar-refractivity contribution in [2.45, 2.75) is 64.7 Å². The van der Waals surface area contributed by atoms with Gasteiger partial charge in [0, 0.05) is 17.4 Å². The molecule has 0 saturated heterocycles. The van der Waals surface area contributed by atoms with Gasteiger partial charge in [0.2, 0.25) is 5.91 Å². The number of halogens is 1. The van der Waals surface area contributed by atoms with E-state index in [1.165, 1.54) is 51.4 Å². The molecule has 106 valence electrons. The van der Waals surface area contributed by atoms with Gasteiger partial charge in [-0.3, -0.25) is 4.79 Å². The molecule has 2 nitrogen and oxygen atoms in total. The quantitative estimate of drug-likeness (QED) is 0.318. The minimum Gasteiger partial charge on any atom is -0.352 e. The summed E-state index contributed by atoms with van der Waals surface area (Å²) in [5.74, 6) is -0.0122. The highest BCUT2D eigenvalue weighted by Gasteiger charge is 1.99. The highest BCUT2D eigenvalue weighted by molar-refractivity contribution is 9.09. The molecule has 0 aliphatic heterocycles. The van der Waals surface area contributed by atoms with Crippen LogP contribution in [0.5, 0.6) is 0 Å². The second-order valence-electron chi connectivity index (χ2n) is 4.91. The Bertz CT molecular complexity index is 229. The van der Waals surface area contributed by atoms with Crippen LogP contribution in [-0.4, -0.2) is 17.8 Å². The predicted octanol–water partition coefficient (Wildman–Crippen LogP) is 4.58. The first-order valence-corrected chi connectivity index (χ1v) is 8.30. The molecule has 0 fully saturated rings. The summed E-state index contributed by atoms with van der Waals surface area (Å²) in [6.07, 6.45) is 11.7. The fourth-order valence-electron chi connectivity index (χ4n) is 1.81. The van der Waals surface area contributed by atoms with Crippen molar-refractivity contribution in [1.29, 1.82) is 0 Å². The van der Waals surface area contributed by atoms with E-state index < -0.39 is 0 Å². The molecule has 3 heteroatoms. The van der Waals surface area contributed by atoms with Gasteiger partial charge in [0.1, 0.15) is 0 Å². The van der Waals surface area contributed by atoms with Gasteiger partial charge in [-0.25, -0.2) is 0 Å². The van der Waals surface area contributed by atoms with Gasteiger partial charge in [-0.2, -0.15) is 0 Å². The summed E-state index contributed by atoms with van der Waals surface area (Å²) < 4.78 is 0. The summed E-state index contributed by atoms with van der Waals surface area (Å²) in [4.78, 5) is 11.2. The van der Waals surface area contributed by atoms with E-state index in [0.717, 1.165) is 18.3 Å². The predicted molar refractivity (Wildman–Crippen MR) is 83.2 cm³/mol. The fraction of sp³-hybridized carbons (Fsp3) is 0.800. The van der Waals surface area contributed by atoms with E-state index in [2.05, 4.69) is 27.8 Å². The molecule has 0 bridgehead atoms. The second-order valence-corrected chi connectivity index (χ2v) is 5.70. The largest absolute Gasteiger partial charge is 0.352 e. The lowest BCUT2D eigenvalue weighted by atomic mass is 10.1. The molecule has 0 aliphatic rings. The molecule has 0 heterocycles. The smallest absolute Gasteiger partial charge is 0.246 e. The number of carbonyl (C=O) groups excluding carboxylic acids is 1. The van der Waals surface area contributed by atoms with Crippen molar-refractivity contribution in [2.24, 2.45) is 0 Å². The summed E-state index contributed by atoms with van der Waals surface area (Å²) in [5, 5.41) is 4.01. The van der Waals surface area contributed by atoms with Crippen LogP contribution in [0.15, 0.2) is 12.2 Å². The molecule has 18 heavy (non-hydrogen) atoms. The first-order chi connectivity index (χ1) is 8.68. The lowest BCUT2D eigenvalue weighted by molar-refractivity contribution is -0.117. The van der Waals surface area contributed by atoms with E-state index in [-0.39, 0.29) is 5.91 Å². The molecule has 0 atom stereocenters. The minimum atomic E-state index is -0.0122. The number of unbranched alkanes of at least 4 members (excludes halogenated alkanes) is 8. The third-order valence-electron chi connectivity index (χ3n) is 2.98. The van der Waals surface area contributed by atoms with Crippen LogP contribution in [0.2, 0.25) is 0 Å². The topological polar surface area (TPSA) is 29.1 Å². The average molecular weight is 318 g/mol. The van der Waals surface area contributed by atoms with Crippen molar-refractivity contribution in [1.82, 2.24) is 5.32 Å². The zero-order chi connectivity index (χ0) is 13.6. The van der Waals surface area contributed by atoms with E-state index in [1.807, 2.05) is 0 Å². The van der Waals surface area contributed by atoms with E-state index in [9.17, 15) is 4.79 Å². The Morgan fingerprint density at radius 1 is 0.944 bits per heavy atom. The van der Waals surface area contributed by atoms with Crippen molar-refractivity contribution < 1.29 is 4.79 Å². The lowest BCUT2D eigenvalue weighted by Crippen LogP contribution is -2.24. The third-order valence-corrected chi connectivity index (χ3v) is 3.54. The zero-order valence-corrected chi connectivity index (χ0v) is 13.4. The highest BCUT2D eigenvalue weighted by atomic mass is 79.9. The molecule has 0 aromatic heterocycles. The lowest BCUT2D eigenvalue weighted by Gasteiger charge is -2.04. The molecule has 0 unspecified atom stereocenters. The van der Waals surface area contributed by atoms with Gasteiger partial charge in [-0.1, -0.05) is 67.5 Å². The summed E-state index contributed by atoms with van der Waals surface area (Å²) in [7, 11) is 0. The SMILES string of the molecule is C=C(C)C(=O)NCCCCCCCCCCCBr. The average Bonchev–Trinajstić information content (AvgIpc) is 2.35. The number of hydrogen-bond donors (Lipinski definition) is 1. The van der Waals surface area contributed by atoms with E-state index in [4.69, 9.17) is 0 Å². The fourth-order valence-corrected chi connectivity index (χ4v) is 2.21. The second kappa shape index (κ2) is 13.1. The summed E-state index contributed by atoms with van der Waals surface area (Å²) in [5.41, 5.74) is 0.596. The monoisotopic (exact) mass is 317 g/mol. The summed E-state index contributed by atoms with van der Waals surface area (Å²) in [6.45, 7) is 6.14. The van der Waals surface area contributed by atoms with Gasteiger partial charge in [0.05, 0.1) is 0 Å². The van der Waals surface area contributed by atoms with Crippen LogP contribution in [0, 0.1) is 0 Å². The molecular formula is C15H28BrNO. The first kappa shape index (κ1) is 17.7. The van der Waals surface area contributed by atoms with E-state index >= 15 is 0 Å². The highest BCUT2D eigenvalue weighted by Crippen LogP contribution is 2.09.